The summed E-state index contributed by atoms with van der Waals surface area (Å²) in [6.07, 6.45) is 0.775. The minimum absolute atomic E-state index is 0.0273. The van der Waals surface area contributed by atoms with Gasteiger partial charge in [0.1, 0.15) is 16.8 Å². The Hall–Kier alpha value is -2.73. The fraction of sp³-hybridized carbons (Fsp3) is 0.250. The molecule has 0 N–H and O–H groups in total. The summed E-state index contributed by atoms with van der Waals surface area (Å²) in [5, 5.41) is 2.70. The maximum absolute atomic E-state index is 12.7. The van der Waals surface area contributed by atoms with Gasteiger partial charge in [-0.3, -0.25) is 4.79 Å². The van der Waals surface area contributed by atoms with Crippen molar-refractivity contribution >= 4 is 17.2 Å². The lowest BCUT2D eigenvalue weighted by Gasteiger charge is -2.16. The first-order valence-corrected chi connectivity index (χ1v) is 9.47. The molecule has 0 saturated carbocycles. The monoisotopic (exact) mass is 365 g/mol. The highest BCUT2D eigenvalue weighted by Crippen LogP contribution is 2.25. The van der Waals surface area contributed by atoms with Crippen molar-refractivity contribution in [3.63, 3.8) is 0 Å². The highest BCUT2D eigenvalue weighted by atomic mass is 32.1. The largest absolute Gasteiger partial charge is 0.472 e. The average Bonchev–Trinajstić information content (AvgIpc) is 3.32. The molecule has 3 heterocycles. The summed E-state index contributed by atoms with van der Waals surface area (Å²) in [4.78, 5) is 23.4. The van der Waals surface area contributed by atoms with E-state index in [4.69, 9.17) is 4.74 Å². The van der Waals surface area contributed by atoms with Crippen molar-refractivity contribution in [2.45, 2.75) is 19.4 Å². The number of hydrogen-bond acceptors (Lipinski definition) is 5. The van der Waals surface area contributed by atoms with Crippen LogP contribution < -0.4 is 4.74 Å². The van der Waals surface area contributed by atoms with Crippen LogP contribution >= 0.6 is 11.3 Å². The number of benzene rings is 1. The van der Waals surface area contributed by atoms with Crippen molar-refractivity contribution in [1.29, 1.82) is 0 Å². The topological polar surface area (TPSA) is 55.3 Å². The summed E-state index contributed by atoms with van der Waals surface area (Å²) in [5.74, 6) is 0.580. The summed E-state index contributed by atoms with van der Waals surface area (Å²) in [6, 6.07) is 15.6. The summed E-state index contributed by atoms with van der Waals surface area (Å²) in [5.41, 5.74) is 2.46. The van der Waals surface area contributed by atoms with Gasteiger partial charge in [-0.05, 0) is 13.0 Å². The van der Waals surface area contributed by atoms with E-state index in [1.54, 1.807) is 0 Å². The van der Waals surface area contributed by atoms with Gasteiger partial charge >= 0.3 is 0 Å². The number of likely N-dealkylation sites (tertiary alicyclic amines) is 1. The number of amides is 1. The molecule has 0 bridgehead atoms. The molecule has 6 heteroatoms. The van der Waals surface area contributed by atoms with Crippen LogP contribution in [0.3, 0.4) is 0 Å². The van der Waals surface area contributed by atoms with Crippen molar-refractivity contribution in [2.75, 3.05) is 13.1 Å². The zero-order valence-corrected chi connectivity index (χ0v) is 15.3. The molecule has 1 aliphatic rings. The Morgan fingerprint density at radius 2 is 2.00 bits per heavy atom. The van der Waals surface area contributed by atoms with Crippen molar-refractivity contribution in [1.82, 2.24) is 14.9 Å². The first kappa shape index (κ1) is 16.7. The number of aryl methyl sites for hydroxylation is 1. The molecule has 132 valence electrons. The molecule has 1 fully saturated rings. The van der Waals surface area contributed by atoms with Crippen molar-refractivity contribution in [2.24, 2.45) is 0 Å². The molecule has 1 unspecified atom stereocenters. The molecule has 0 radical (unpaired) electrons. The maximum Gasteiger partial charge on any atom is 0.273 e. The Morgan fingerprint density at radius 1 is 1.15 bits per heavy atom. The standard InChI is InChI=1S/C20H19N3O2S/c1-14-6-5-9-18(21-14)25-16-10-11-23(12-16)20(24)17-13-26-19(22-17)15-7-3-2-4-8-15/h2-9,13,16H,10-12H2,1H3. The Labute approximate surface area is 156 Å². The van der Waals surface area contributed by atoms with E-state index in [-0.39, 0.29) is 12.0 Å². The first-order valence-electron chi connectivity index (χ1n) is 8.59. The second kappa shape index (κ2) is 7.25. The Bertz CT molecular complexity index is 910. The smallest absolute Gasteiger partial charge is 0.273 e. The summed E-state index contributed by atoms with van der Waals surface area (Å²) in [7, 11) is 0. The number of thiazole rings is 1. The Morgan fingerprint density at radius 3 is 2.81 bits per heavy atom. The van der Waals surface area contributed by atoms with Crippen LogP contribution in [0.4, 0.5) is 0 Å². The Kier molecular flexibility index (Phi) is 4.67. The van der Waals surface area contributed by atoms with E-state index in [0.29, 0.717) is 24.7 Å². The highest BCUT2D eigenvalue weighted by Gasteiger charge is 2.29. The van der Waals surface area contributed by atoms with Crippen molar-refractivity contribution in [3.8, 4) is 16.5 Å². The van der Waals surface area contributed by atoms with Crippen LogP contribution in [0.15, 0.2) is 53.9 Å². The van der Waals surface area contributed by atoms with Gasteiger partial charge in [0.15, 0.2) is 0 Å². The molecule has 5 nitrogen and oxygen atoms in total. The van der Waals surface area contributed by atoms with E-state index in [0.717, 1.165) is 22.7 Å². The number of hydrogen-bond donors (Lipinski definition) is 0. The summed E-state index contributed by atoms with van der Waals surface area (Å²) >= 11 is 1.49. The molecular weight excluding hydrogens is 346 g/mol. The molecule has 1 aliphatic heterocycles. The third-order valence-electron chi connectivity index (χ3n) is 4.33. The number of ether oxygens (including phenoxy) is 1. The first-order chi connectivity index (χ1) is 12.7. The number of nitrogens with zero attached hydrogens (tertiary/aromatic N) is 3. The van der Waals surface area contributed by atoms with E-state index in [1.807, 2.05) is 65.7 Å². The van der Waals surface area contributed by atoms with Crippen LogP contribution in [0.25, 0.3) is 10.6 Å². The quantitative estimate of drug-likeness (QED) is 0.705. The maximum atomic E-state index is 12.7. The fourth-order valence-electron chi connectivity index (χ4n) is 3.01. The van der Waals surface area contributed by atoms with Crippen LogP contribution in [0.1, 0.15) is 22.6 Å². The lowest BCUT2D eigenvalue weighted by molar-refractivity contribution is 0.0766. The number of aromatic nitrogens is 2. The van der Waals surface area contributed by atoms with Gasteiger partial charge in [-0.15, -0.1) is 11.3 Å². The van der Waals surface area contributed by atoms with Crippen LogP contribution in [0.2, 0.25) is 0 Å². The predicted molar refractivity (Wildman–Crippen MR) is 101 cm³/mol. The van der Waals surface area contributed by atoms with Gasteiger partial charge in [0.25, 0.3) is 5.91 Å². The SMILES string of the molecule is Cc1cccc(OC2CCN(C(=O)c3csc(-c4ccccc4)n3)C2)n1. The van der Waals surface area contributed by atoms with E-state index in [1.165, 1.54) is 11.3 Å². The molecule has 0 spiro atoms. The molecule has 0 aliphatic carbocycles. The molecule has 4 rings (SSSR count). The molecule has 1 saturated heterocycles. The van der Waals surface area contributed by atoms with Gasteiger partial charge in [0, 0.05) is 35.7 Å². The van der Waals surface area contributed by atoms with Gasteiger partial charge in [-0.1, -0.05) is 36.4 Å². The third kappa shape index (κ3) is 3.60. The van der Waals surface area contributed by atoms with E-state index in [2.05, 4.69) is 9.97 Å². The van der Waals surface area contributed by atoms with Crippen molar-refractivity contribution in [3.05, 3.63) is 65.3 Å². The molecule has 2 aromatic heterocycles. The Balaban J connectivity index is 1.41. The fourth-order valence-corrected chi connectivity index (χ4v) is 3.81. The van der Waals surface area contributed by atoms with E-state index in [9.17, 15) is 4.79 Å². The van der Waals surface area contributed by atoms with Crippen LogP contribution in [0.5, 0.6) is 5.88 Å². The molecular formula is C20H19N3O2S. The second-order valence-corrected chi connectivity index (χ2v) is 7.16. The minimum Gasteiger partial charge on any atom is -0.472 e. The molecule has 1 atom stereocenters. The molecule has 1 amide bonds. The average molecular weight is 365 g/mol. The highest BCUT2D eigenvalue weighted by molar-refractivity contribution is 7.13. The van der Waals surface area contributed by atoms with Crippen LogP contribution in [-0.4, -0.2) is 40.0 Å². The van der Waals surface area contributed by atoms with E-state index < -0.39 is 0 Å². The molecule has 3 aromatic rings. The van der Waals surface area contributed by atoms with E-state index >= 15 is 0 Å². The minimum atomic E-state index is -0.0354. The van der Waals surface area contributed by atoms with Gasteiger partial charge in [-0.25, -0.2) is 9.97 Å². The third-order valence-corrected chi connectivity index (χ3v) is 5.22. The lowest BCUT2D eigenvalue weighted by Crippen LogP contribution is -2.31. The second-order valence-electron chi connectivity index (χ2n) is 6.30. The number of pyridine rings is 1. The number of rotatable bonds is 4. The zero-order valence-electron chi connectivity index (χ0n) is 14.5. The lowest BCUT2D eigenvalue weighted by atomic mass is 10.2. The number of carbonyl (C=O) groups excluding carboxylic acids is 1. The summed E-state index contributed by atoms with van der Waals surface area (Å²) < 4.78 is 5.92. The molecule has 1 aromatic carbocycles. The van der Waals surface area contributed by atoms with Crippen LogP contribution in [0, 0.1) is 6.92 Å². The van der Waals surface area contributed by atoms with Gasteiger partial charge < -0.3 is 9.64 Å². The van der Waals surface area contributed by atoms with Crippen molar-refractivity contribution < 1.29 is 9.53 Å². The predicted octanol–water partition coefficient (Wildman–Crippen LogP) is 3.81. The normalized spacial score (nSPS) is 16.7. The van der Waals surface area contributed by atoms with Crippen LogP contribution in [-0.2, 0) is 0 Å². The summed E-state index contributed by atoms with van der Waals surface area (Å²) in [6.45, 7) is 3.17. The van der Waals surface area contributed by atoms with Gasteiger partial charge in [0.05, 0.1) is 6.54 Å². The van der Waals surface area contributed by atoms with Gasteiger partial charge in [-0.2, -0.15) is 0 Å². The molecule has 26 heavy (non-hydrogen) atoms. The van der Waals surface area contributed by atoms with Gasteiger partial charge in [0.2, 0.25) is 5.88 Å². The number of carbonyl (C=O) groups is 1. The zero-order chi connectivity index (χ0) is 17.9.